The molecule has 1 saturated heterocycles. The van der Waals surface area contributed by atoms with E-state index < -0.39 is 0 Å². The Hall–Kier alpha value is -0.420. The summed E-state index contributed by atoms with van der Waals surface area (Å²) < 4.78 is 2.99. The van der Waals surface area contributed by atoms with E-state index in [1.165, 1.54) is 12.2 Å². The lowest BCUT2D eigenvalue weighted by Gasteiger charge is -2.22. The van der Waals surface area contributed by atoms with Crippen molar-refractivity contribution < 1.29 is 4.79 Å². The van der Waals surface area contributed by atoms with Gasteiger partial charge in [0, 0.05) is 29.0 Å². The lowest BCUT2D eigenvalue weighted by molar-refractivity contribution is 0.0929. The average molecular weight is 331 g/mol. The molecule has 1 N–H and O–H groups in total. The number of rotatable bonds is 4. The van der Waals surface area contributed by atoms with Crippen molar-refractivity contribution in [2.24, 2.45) is 0 Å². The molecule has 3 nitrogen and oxygen atoms in total. The minimum Gasteiger partial charge on any atom is -0.347 e. The summed E-state index contributed by atoms with van der Waals surface area (Å²) in [4.78, 5) is 12.3. The van der Waals surface area contributed by atoms with Gasteiger partial charge in [0.15, 0.2) is 0 Å². The second-order valence-corrected chi connectivity index (χ2v) is 6.69. The van der Waals surface area contributed by atoms with Gasteiger partial charge in [-0.2, -0.15) is 11.8 Å². The fourth-order valence-electron chi connectivity index (χ4n) is 2.20. The number of halogens is 1. The number of amides is 1. The number of nitrogens with one attached hydrogen (secondary N) is 1. The average Bonchev–Trinajstić information content (AvgIpc) is 2.72. The zero-order valence-electron chi connectivity index (χ0n) is 10.6. The summed E-state index contributed by atoms with van der Waals surface area (Å²) in [6, 6.07) is 2.24. The van der Waals surface area contributed by atoms with Crippen LogP contribution in [0.25, 0.3) is 0 Å². The molecule has 1 atom stereocenters. The van der Waals surface area contributed by atoms with Crippen molar-refractivity contribution in [1.82, 2.24) is 9.88 Å². The Bertz CT molecular complexity index is 413. The van der Waals surface area contributed by atoms with Crippen LogP contribution in [0, 0.1) is 0 Å². The number of nitrogens with zero attached hydrogens (tertiary/aromatic N) is 1. The van der Waals surface area contributed by atoms with Crippen LogP contribution in [0.5, 0.6) is 0 Å². The molecule has 2 rings (SSSR count). The molecule has 1 fully saturated rings. The highest BCUT2D eigenvalue weighted by atomic mass is 79.9. The van der Waals surface area contributed by atoms with Crippen molar-refractivity contribution in [1.29, 1.82) is 0 Å². The molecule has 1 aliphatic rings. The third kappa shape index (κ3) is 3.54. The Balaban J connectivity index is 2.03. The normalized spacial score (nSPS) is 19.8. The molecule has 0 aromatic carbocycles. The van der Waals surface area contributed by atoms with Gasteiger partial charge in [0.25, 0.3) is 5.91 Å². The molecule has 1 aromatic heterocycles. The fraction of sp³-hybridized carbons (Fsp3) is 0.615. The van der Waals surface area contributed by atoms with Crippen LogP contribution in [0.4, 0.5) is 0 Å². The lowest BCUT2D eigenvalue weighted by Crippen LogP contribution is -2.39. The second kappa shape index (κ2) is 6.66. The van der Waals surface area contributed by atoms with Gasteiger partial charge in [-0.25, -0.2) is 0 Å². The maximum atomic E-state index is 12.3. The first-order valence-corrected chi connectivity index (χ1v) is 8.39. The molecule has 1 unspecified atom stereocenters. The number of aryl methyl sites for hydroxylation is 1. The van der Waals surface area contributed by atoms with Gasteiger partial charge in [-0.05, 0) is 47.0 Å². The standard InChI is InChI=1S/C13H19BrN2OS/c1-2-5-16-8-10(14)7-12(16)13(17)15-11-4-3-6-18-9-11/h7-8,11H,2-6,9H2,1H3,(H,15,17). The van der Waals surface area contributed by atoms with Gasteiger partial charge >= 0.3 is 0 Å². The van der Waals surface area contributed by atoms with Crippen LogP contribution in [-0.2, 0) is 6.54 Å². The highest BCUT2D eigenvalue weighted by Gasteiger charge is 2.19. The quantitative estimate of drug-likeness (QED) is 0.919. The van der Waals surface area contributed by atoms with Crippen molar-refractivity contribution in [3.63, 3.8) is 0 Å². The molecule has 0 aliphatic carbocycles. The Kier molecular flexibility index (Phi) is 5.18. The second-order valence-electron chi connectivity index (χ2n) is 4.62. The van der Waals surface area contributed by atoms with Crippen molar-refractivity contribution in [3.8, 4) is 0 Å². The number of hydrogen-bond acceptors (Lipinski definition) is 2. The SMILES string of the molecule is CCCn1cc(Br)cc1C(=O)NC1CCCSC1. The Morgan fingerprint density at radius 3 is 3.17 bits per heavy atom. The first-order chi connectivity index (χ1) is 8.70. The topological polar surface area (TPSA) is 34.0 Å². The first-order valence-electron chi connectivity index (χ1n) is 6.45. The van der Waals surface area contributed by atoms with Crippen LogP contribution in [0.2, 0.25) is 0 Å². The summed E-state index contributed by atoms with van der Waals surface area (Å²) in [6.45, 7) is 3.00. The third-order valence-electron chi connectivity index (χ3n) is 3.06. The highest BCUT2D eigenvalue weighted by Crippen LogP contribution is 2.19. The minimum absolute atomic E-state index is 0.0571. The van der Waals surface area contributed by atoms with Crippen LogP contribution in [-0.4, -0.2) is 28.0 Å². The molecule has 5 heteroatoms. The maximum absolute atomic E-state index is 12.3. The first kappa shape index (κ1) is 14.0. The van der Waals surface area contributed by atoms with Gasteiger partial charge in [0.1, 0.15) is 5.69 Å². The van der Waals surface area contributed by atoms with Gasteiger partial charge < -0.3 is 9.88 Å². The Labute approximate surface area is 121 Å². The molecular weight excluding hydrogens is 312 g/mol. The van der Waals surface area contributed by atoms with Crippen molar-refractivity contribution >= 4 is 33.6 Å². The molecular formula is C13H19BrN2OS. The van der Waals surface area contributed by atoms with Crippen LogP contribution in [0.1, 0.15) is 36.7 Å². The molecule has 100 valence electrons. The van der Waals surface area contributed by atoms with Gasteiger partial charge in [0.05, 0.1) is 0 Å². The molecule has 1 aromatic rings. The summed E-state index contributed by atoms with van der Waals surface area (Å²) >= 11 is 5.37. The number of carbonyl (C=O) groups is 1. The molecule has 0 radical (unpaired) electrons. The summed E-state index contributed by atoms with van der Waals surface area (Å²) in [5, 5.41) is 3.15. The predicted molar refractivity (Wildman–Crippen MR) is 80.2 cm³/mol. The molecule has 1 amide bonds. The van der Waals surface area contributed by atoms with E-state index in [1.54, 1.807) is 0 Å². The van der Waals surface area contributed by atoms with E-state index in [9.17, 15) is 4.79 Å². The number of carbonyl (C=O) groups excluding carboxylic acids is 1. The molecule has 2 heterocycles. The van der Waals surface area contributed by atoms with Gasteiger partial charge in [0.2, 0.25) is 0 Å². The van der Waals surface area contributed by atoms with E-state index in [-0.39, 0.29) is 5.91 Å². The van der Waals surface area contributed by atoms with E-state index in [4.69, 9.17) is 0 Å². The molecule has 18 heavy (non-hydrogen) atoms. The van der Waals surface area contributed by atoms with E-state index in [2.05, 4.69) is 28.2 Å². The van der Waals surface area contributed by atoms with E-state index >= 15 is 0 Å². The van der Waals surface area contributed by atoms with Crippen LogP contribution < -0.4 is 5.32 Å². The summed E-state index contributed by atoms with van der Waals surface area (Å²) in [6.07, 6.45) is 5.32. The van der Waals surface area contributed by atoms with E-state index in [0.717, 1.165) is 35.3 Å². The maximum Gasteiger partial charge on any atom is 0.268 e. The van der Waals surface area contributed by atoms with Crippen molar-refractivity contribution in [3.05, 3.63) is 22.4 Å². The minimum atomic E-state index is 0.0571. The molecule has 0 bridgehead atoms. The smallest absolute Gasteiger partial charge is 0.268 e. The molecule has 1 aliphatic heterocycles. The third-order valence-corrected chi connectivity index (χ3v) is 4.70. The predicted octanol–water partition coefficient (Wildman–Crippen LogP) is 3.29. The zero-order valence-corrected chi connectivity index (χ0v) is 13.0. The summed E-state index contributed by atoms with van der Waals surface area (Å²) in [5.74, 6) is 2.33. The van der Waals surface area contributed by atoms with Crippen molar-refractivity contribution in [2.45, 2.75) is 38.8 Å². The van der Waals surface area contributed by atoms with E-state index in [1.807, 2.05) is 28.6 Å². The van der Waals surface area contributed by atoms with Crippen molar-refractivity contribution in [2.75, 3.05) is 11.5 Å². The van der Waals surface area contributed by atoms with Gasteiger partial charge in [-0.1, -0.05) is 6.92 Å². The molecule has 0 saturated carbocycles. The number of thioether (sulfide) groups is 1. The Morgan fingerprint density at radius 2 is 2.50 bits per heavy atom. The number of hydrogen-bond donors (Lipinski definition) is 1. The zero-order chi connectivity index (χ0) is 13.0. The largest absolute Gasteiger partial charge is 0.347 e. The van der Waals surface area contributed by atoms with E-state index in [0.29, 0.717) is 6.04 Å². The summed E-state index contributed by atoms with van der Waals surface area (Å²) in [7, 11) is 0. The Morgan fingerprint density at radius 1 is 1.67 bits per heavy atom. The van der Waals surface area contributed by atoms with Crippen LogP contribution >= 0.6 is 27.7 Å². The summed E-state index contributed by atoms with van der Waals surface area (Å²) in [5.41, 5.74) is 0.763. The van der Waals surface area contributed by atoms with Gasteiger partial charge in [-0.3, -0.25) is 4.79 Å². The van der Waals surface area contributed by atoms with Crippen LogP contribution in [0.3, 0.4) is 0 Å². The highest BCUT2D eigenvalue weighted by molar-refractivity contribution is 9.10. The van der Waals surface area contributed by atoms with Gasteiger partial charge in [-0.15, -0.1) is 0 Å². The van der Waals surface area contributed by atoms with Crippen LogP contribution in [0.15, 0.2) is 16.7 Å². The monoisotopic (exact) mass is 330 g/mol. The lowest BCUT2D eigenvalue weighted by atomic mass is 10.2. The fourth-order valence-corrected chi connectivity index (χ4v) is 3.74. The number of aromatic nitrogens is 1. The molecule has 0 spiro atoms.